The fourth-order valence-electron chi connectivity index (χ4n) is 3.80. The molecule has 0 radical (unpaired) electrons. The van der Waals surface area contributed by atoms with Crippen molar-refractivity contribution in [3.8, 4) is 6.07 Å². The Hall–Kier alpha value is -2.72. The van der Waals surface area contributed by atoms with Gasteiger partial charge in [-0.15, -0.1) is 0 Å². The lowest BCUT2D eigenvalue weighted by Crippen LogP contribution is -2.48. The van der Waals surface area contributed by atoms with E-state index >= 15 is 0 Å². The normalized spacial score (nSPS) is 17.5. The summed E-state index contributed by atoms with van der Waals surface area (Å²) >= 11 is 0. The predicted octanol–water partition coefficient (Wildman–Crippen LogP) is 2.93. The van der Waals surface area contributed by atoms with Gasteiger partial charge in [0.05, 0.1) is 24.2 Å². The average Bonchev–Trinajstić information content (AvgIpc) is 3.36. The second-order valence-electron chi connectivity index (χ2n) is 7.62. The third-order valence-corrected chi connectivity index (χ3v) is 5.56. The minimum atomic E-state index is -0.0409. The Labute approximate surface area is 164 Å². The van der Waals surface area contributed by atoms with E-state index in [1.54, 1.807) is 29.2 Å². The molecule has 2 aromatic rings. The molecule has 1 saturated heterocycles. The summed E-state index contributed by atoms with van der Waals surface area (Å²) in [7, 11) is 0. The first-order valence-electron chi connectivity index (χ1n) is 9.92. The molecule has 1 aliphatic carbocycles. The lowest BCUT2D eigenvalue weighted by molar-refractivity contribution is 0.0569. The molecule has 28 heavy (non-hydrogen) atoms. The third-order valence-electron chi connectivity index (χ3n) is 5.56. The Morgan fingerprint density at radius 3 is 2.71 bits per heavy atom. The van der Waals surface area contributed by atoms with Crippen molar-refractivity contribution < 1.29 is 14.1 Å². The Balaban J connectivity index is 1.21. The third kappa shape index (κ3) is 4.23. The smallest absolute Gasteiger partial charge is 0.253 e. The molecule has 0 atom stereocenters. The zero-order chi connectivity index (χ0) is 19.3. The molecule has 2 heterocycles. The van der Waals surface area contributed by atoms with Gasteiger partial charge >= 0.3 is 0 Å². The van der Waals surface area contributed by atoms with Gasteiger partial charge in [-0.1, -0.05) is 18.0 Å². The number of carbonyl (C=O) groups is 1. The maximum atomic E-state index is 12.5. The second kappa shape index (κ2) is 8.53. The van der Waals surface area contributed by atoms with E-state index in [0.717, 1.165) is 12.5 Å². The SMILES string of the molecule is N#Cc1ccc(C(=O)N2CC(c3nc(CCOCC4CCCC4)no3)C2)cc1. The number of carbonyl (C=O) groups excluding carboxylic acids is 1. The van der Waals surface area contributed by atoms with Crippen molar-refractivity contribution in [3.63, 3.8) is 0 Å². The number of nitriles is 1. The molecule has 7 heteroatoms. The number of likely N-dealkylation sites (tertiary alicyclic amines) is 1. The Bertz CT molecular complexity index is 843. The summed E-state index contributed by atoms with van der Waals surface area (Å²) in [6.07, 6.45) is 5.87. The summed E-state index contributed by atoms with van der Waals surface area (Å²) in [5.74, 6) is 2.02. The first-order chi connectivity index (χ1) is 13.7. The van der Waals surface area contributed by atoms with Gasteiger partial charge in [0.15, 0.2) is 5.82 Å². The number of hydrogen-bond acceptors (Lipinski definition) is 6. The van der Waals surface area contributed by atoms with Crippen LogP contribution in [0, 0.1) is 17.2 Å². The first kappa shape index (κ1) is 18.6. The molecule has 0 bridgehead atoms. The zero-order valence-electron chi connectivity index (χ0n) is 15.8. The zero-order valence-corrected chi connectivity index (χ0v) is 15.8. The van der Waals surface area contributed by atoms with Crippen LogP contribution in [0.4, 0.5) is 0 Å². The number of hydrogen-bond donors (Lipinski definition) is 0. The minimum Gasteiger partial charge on any atom is -0.381 e. The van der Waals surface area contributed by atoms with Crippen molar-refractivity contribution >= 4 is 5.91 Å². The van der Waals surface area contributed by atoms with Gasteiger partial charge in [0.25, 0.3) is 5.91 Å². The van der Waals surface area contributed by atoms with Crippen LogP contribution in [0.5, 0.6) is 0 Å². The molecule has 2 fully saturated rings. The van der Waals surface area contributed by atoms with Crippen molar-refractivity contribution in [1.82, 2.24) is 15.0 Å². The molecule has 0 unspecified atom stereocenters. The summed E-state index contributed by atoms with van der Waals surface area (Å²) in [6, 6.07) is 8.73. The second-order valence-corrected chi connectivity index (χ2v) is 7.62. The monoisotopic (exact) mass is 380 g/mol. The maximum Gasteiger partial charge on any atom is 0.253 e. The molecule has 4 rings (SSSR count). The van der Waals surface area contributed by atoms with Crippen LogP contribution in [0.3, 0.4) is 0 Å². The highest BCUT2D eigenvalue weighted by molar-refractivity contribution is 5.94. The summed E-state index contributed by atoms with van der Waals surface area (Å²) in [6.45, 7) is 2.58. The Morgan fingerprint density at radius 1 is 1.25 bits per heavy atom. The van der Waals surface area contributed by atoms with Gasteiger partial charge in [-0.2, -0.15) is 10.2 Å². The molecule has 1 aromatic carbocycles. The van der Waals surface area contributed by atoms with Gasteiger partial charge in [-0.05, 0) is 43.0 Å². The Kier molecular flexibility index (Phi) is 5.68. The van der Waals surface area contributed by atoms with Crippen molar-refractivity contribution in [1.29, 1.82) is 5.26 Å². The van der Waals surface area contributed by atoms with Crippen LogP contribution >= 0.6 is 0 Å². The van der Waals surface area contributed by atoms with E-state index in [1.165, 1.54) is 25.7 Å². The van der Waals surface area contributed by atoms with Crippen LogP contribution in [0.2, 0.25) is 0 Å². The van der Waals surface area contributed by atoms with Crippen LogP contribution in [0.25, 0.3) is 0 Å². The van der Waals surface area contributed by atoms with Crippen LogP contribution in [-0.4, -0.2) is 47.3 Å². The number of benzene rings is 1. The highest BCUT2D eigenvalue weighted by Crippen LogP contribution is 2.27. The molecule has 2 aliphatic rings. The van der Waals surface area contributed by atoms with E-state index in [1.807, 2.05) is 0 Å². The van der Waals surface area contributed by atoms with E-state index in [9.17, 15) is 4.79 Å². The minimum absolute atomic E-state index is 0.0409. The summed E-state index contributed by atoms with van der Waals surface area (Å²) in [5, 5.41) is 12.9. The van der Waals surface area contributed by atoms with Crippen molar-refractivity contribution in [2.24, 2.45) is 5.92 Å². The number of nitrogens with zero attached hydrogens (tertiary/aromatic N) is 4. The number of ether oxygens (including phenoxy) is 1. The average molecular weight is 380 g/mol. The fourth-order valence-corrected chi connectivity index (χ4v) is 3.80. The van der Waals surface area contributed by atoms with Crippen molar-refractivity contribution in [2.45, 2.75) is 38.0 Å². The molecule has 146 valence electrons. The Morgan fingerprint density at radius 2 is 2.00 bits per heavy atom. The van der Waals surface area contributed by atoms with E-state index in [2.05, 4.69) is 16.2 Å². The number of amides is 1. The largest absolute Gasteiger partial charge is 0.381 e. The molecule has 1 amide bonds. The highest BCUT2D eigenvalue weighted by atomic mass is 16.5. The highest BCUT2D eigenvalue weighted by Gasteiger charge is 2.36. The quantitative estimate of drug-likeness (QED) is 0.686. The number of aromatic nitrogens is 2. The van der Waals surface area contributed by atoms with Gasteiger partial charge in [0.2, 0.25) is 5.89 Å². The molecule has 0 spiro atoms. The van der Waals surface area contributed by atoms with Crippen LogP contribution in [-0.2, 0) is 11.2 Å². The van der Waals surface area contributed by atoms with Gasteiger partial charge in [0, 0.05) is 31.7 Å². The van der Waals surface area contributed by atoms with Gasteiger partial charge < -0.3 is 14.2 Å². The van der Waals surface area contributed by atoms with Crippen LogP contribution < -0.4 is 0 Å². The van der Waals surface area contributed by atoms with Crippen molar-refractivity contribution in [2.75, 3.05) is 26.3 Å². The van der Waals surface area contributed by atoms with E-state index in [0.29, 0.717) is 49.0 Å². The van der Waals surface area contributed by atoms with Gasteiger partial charge in [-0.25, -0.2) is 0 Å². The lowest BCUT2D eigenvalue weighted by Gasteiger charge is -2.37. The van der Waals surface area contributed by atoms with E-state index in [-0.39, 0.29) is 11.8 Å². The first-order valence-corrected chi connectivity index (χ1v) is 9.92. The van der Waals surface area contributed by atoms with E-state index in [4.69, 9.17) is 14.5 Å². The molecular weight excluding hydrogens is 356 g/mol. The van der Waals surface area contributed by atoms with Gasteiger partial charge in [0.1, 0.15) is 0 Å². The molecular formula is C21H24N4O3. The van der Waals surface area contributed by atoms with Crippen molar-refractivity contribution in [3.05, 3.63) is 47.1 Å². The summed E-state index contributed by atoms with van der Waals surface area (Å²) < 4.78 is 11.1. The summed E-state index contributed by atoms with van der Waals surface area (Å²) in [5.41, 5.74) is 1.13. The molecule has 1 aromatic heterocycles. The molecule has 0 N–H and O–H groups in total. The molecule has 1 aliphatic heterocycles. The maximum absolute atomic E-state index is 12.5. The van der Waals surface area contributed by atoms with Gasteiger partial charge in [-0.3, -0.25) is 4.79 Å². The number of rotatable bonds is 7. The fraction of sp³-hybridized carbons (Fsp3) is 0.524. The standard InChI is InChI=1S/C21H24N4O3/c22-11-15-5-7-17(8-6-15)21(26)25-12-18(13-25)20-23-19(24-28-20)9-10-27-14-16-3-1-2-4-16/h5-8,16,18H,1-4,9-10,12-14H2. The summed E-state index contributed by atoms with van der Waals surface area (Å²) in [4.78, 5) is 18.7. The topological polar surface area (TPSA) is 92.2 Å². The van der Waals surface area contributed by atoms with Crippen LogP contribution in [0.1, 0.15) is 59.2 Å². The lowest BCUT2D eigenvalue weighted by atomic mass is 9.98. The van der Waals surface area contributed by atoms with Crippen LogP contribution in [0.15, 0.2) is 28.8 Å². The predicted molar refractivity (Wildman–Crippen MR) is 101 cm³/mol. The van der Waals surface area contributed by atoms with E-state index < -0.39 is 0 Å². The molecule has 1 saturated carbocycles. The molecule has 7 nitrogen and oxygen atoms in total.